The third-order valence-corrected chi connectivity index (χ3v) is 4.50. The highest BCUT2D eigenvalue weighted by Gasteiger charge is 2.10. The number of unbranched alkanes of at least 4 members (excludes halogenated alkanes) is 5. The van der Waals surface area contributed by atoms with Crippen molar-refractivity contribution >= 4 is 27.2 Å². The Kier molecular flexibility index (Phi) is 5.59. The highest BCUT2D eigenvalue weighted by Crippen LogP contribution is 2.26. The minimum absolute atomic E-state index is 0.309. The van der Waals surface area contributed by atoms with Gasteiger partial charge in [0.05, 0.1) is 0 Å². The molecule has 1 nitrogen and oxygen atoms in total. The Morgan fingerprint density at radius 2 is 1.84 bits per heavy atom. The van der Waals surface area contributed by atoms with Gasteiger partial charge in [0.25, 0.3) is 0 Å². The van der Waals surface area contributed by atoms with Gasteiger partial charge in [0.1, 0.15) is 0 Å². The molecular formula is C17H22OS. The number of Topliss-reactive ketones (excluding diaryl/α,β-unsaturated/α-hetero) is 1. The summed E-state index contributed by atoms with van der Waals surface area (Å²) in [6.45, 7) is 2.23. The zero-order valence-corrected chi connectivity index (χ0v) is 12.5. The summed E-state index contributed by atoms with van der Waals surface area (Å²) in [4.78, 5) is 12.3. The molecule has 0 bridgehead atoms. The fourth-order valence-corrected chi connectivity index (χ4v) is 3.34. The maximum atomic E-state index is 12.3. The van der Waals surface area contributed by atoms with Crippen molar-refractivity contribution in [3.05, 3.63) is 35.2 Å². The quantitative estimate of drug-likeness (QED) is 0.437. The van der Waals surface area contributed by atoms with Gasteiger partial charge in [-0.3, -0.25) is 4.79 Å². The molecule has 0 N–H and O–H groups in total. The molecule has 2 rings (SSSR count). The fourth-order valence-electron chi connectivity index (χ4n) is 2.41. The molecule has 1 heterocycles. The first-order valence-corrected chi connectivity index (χ1v) is 8.20. The van der Waals surface area contributed by atoms with Gasteiger partial charge in [-0.25, -0.2) is 0 Å². The van der Waals surface area contributed by atoms with E-state index in [1.54, 1.807) is 11.3 Å². The minimum Gasteiger partial charge on any atom is -0.294 e. The predicted molar refractivity (Wildman–Crippen MR) is 84.1 cm³/mol. The van der Waals surface area contributed by atoms with Crippen LogP contribution in [-0.4, -0.2) is 5.78 Å². The van der Waals surface area contributed by atoms with Crippen molar-refractivity contribution in [3.63, 3.8) is 0 Å². The summed E-state index contributed by atoms with van der Waals surface area (Å²) < 4.78 is 1.15. The smallest absolute Gasteiger partial charge is 0.164 e. The van der Waals surface area contributed by atoms with Crippen LogP contribution in [0.3, 0.4) is 0 Å². The van der Waals surface area contributed by atoms with Crippen molar-refractivity contribution < 1.29 is 4.79 Å². The Morgan fingerprint density at radius 3 is 2.68 bits per heavy atom. The highest BCUT2D eigenvalue weighted by atomic mass is 32.1. The zero-order valence-electron chi connectivity index (χ0n) is 11.7. The van der Waals surface area contributed by atoms with Crippen LogP contribution < -0.4 is 0 Å². The van der Waals surface area contributed by atoms with Crippen LogP contribution in [0.4, 0.5) is 0 Å². The topological polar surface area (TPSA) is 17.1 Å². The molecule has 2 aromatic rings. The van der Waals surface area contributed by atoms with Crippen molar-refractivity contribution in [2.24, 2.45) is 0 Å². The van der Waals surface area contributed by atoms with Crippen molar-refractivity contribution in [1.82, 2.24) is 0 Å². The Morgan fingerprint density at radius 1 is 1.05 bits per heavy atom. The van der Waals surface area contributed by atoms with E-state index in [2.05, 4.69) is 24.4 Å². The molecular weight excluding hydrogens is 252 g/mol. The van der Waals surface area contributed by atoms with Crippen LogP contribution in [0.15, 0.2) is 29.6 Å². The van der Waals surface area contributed by atoms with Crippen LogP contribution in [0.1, 0.15) is 62.2 Å². The Balaban J connectivity index is 1.85. The number of hydrogen-bond donors (Lipinski definition) is 0. The molecule has 0 radical (unpaired) electrons. The van der Waals surface area contributed by atoms with Gasteiger partial charge in [0.2, 0.25) is 0 Å². The Bertz CT molecular complexity index is 527. The maximum Gasteiger partial charge on any atom is 0.164 e. The molecule has 0 aliphatic heterocycles. The number of carbonyl (C=O) groups excluding carboxylic acids is 1. The van der Waals surface area contributed by atoms with Gasteiger partial charge in [0, 0.05) is 16.7 Å². The summed E-state index contributed by atoms with van der Waals surface area (Å²) in [7, 11) is 0. The van der Waals surface area contributed by atoms with Gasteiger partial charge in [-0.15, -0.1) is 11.3 Å². The molecule has 102 valence electrons. The maximum absolute atomic E-state index is 12.3. The SMILES string of the molecule is CCCCCCCCC(=O)c1cccc2ccsc12. The van der Waals surface area contributed by atoms with Crippen LogP contribution in [0.2, 0.25) is 0 Å². The minimum atomic E-state index is 0.309. The van der Waals surface area contributed by atoms with Gasteiger partial charge in [-0.05, 0) is 29.3 Å². The van der Waals surface area contributed by atoms with E-state index in [1.165, 1.54) is 37.5 Å². The first-order valence-electron chi connectivity index (χ1n) is 7.32. The average molecular weight is 274 g/mol. The largest absolute Gasteiger partial charge is 0.294 e. The molecule has 0 saturated heterocycles. The Labute approximate surface area is 119 Å². The number of rotatable bonds is 8. The van der Waals surface area contributed by atoms with Gasteiger partial charge >= 0.3 is 0 Å². The van der Waals surface area contributed by atoms with Crippen LogP contribution in [0.5, 0.6) is 0 Å². The summed E-state index contributed by atoms with van der Waals surface area (Å²) in [5.41, 5.74) is 0.918. The first-order chi connectivity index (χ1) is 9.33. The highest BCUT2D eigenvalue weighted by molar-refractivity contribution is 7.17. The number of benzene rings is 1. The molecule has 0 aliphatic rings. The summed E-state index contributed by atoms with van der Waals surface area (Å²) in [5.74, 6) is 0.309. The van der Waals surface area contributed by atoms with Gasteiger partial charge < -0.3 is 0 Å². The lowest BCUT2D eigenvalue weighted by atomic mass is 10.0. The van der Waals surface area contributed by atoms with E-state index in [-0.39, 0.29) is 0 Å². The lowest BCUT2D eigenvalue weighted by Gasteiger charge is -2.03. The van der Waals surface area contributed by atoms with Crippen molar-refractivity contribution in [1.29, 1.82) is 0 Å². The second kappa shape index (κ2) is 7.44. The number of ketones is 1. The second-order valence-electron chi connectivity index (χ2n) is 5.09. The van der Waals surface area contributed by atoms with Crippen molar-refractivity contribution in [2.75, 3.05) is 0 Å². The summed E-state index contributed by atoms with van der Waals surface area (Å²) in [6, 6.07) is 8.12. The molecule has 1 aromatic heterocycles. The van der Waals surface area contributed by atoms with E-state index in [1.807, 2.05) is 12.1 Å². The zero-order chi connectivity index (χ0) is 13.5. The van der Waals surface area contributed by atoms with E-state index in [0.29, 0.717) is 12.2 Å². The van der Waals surface area contributed by atoms with Gasteiger partial charge in [-0.2, -0.15) is 0 Å². The second-order valence-corrected chi connectivity index (χ2v) is 6.00. The van der Waals surface area contributed by atoms with Crippen LogP contribution in [0.25, 0.3) is 10.1 Å². The van der Waals surface area contributed by atoms with Crippen molar-refractivity contribution in [3.8, 4) is 0 Å². The average Bonchev–Trinajstić information content (AvgIpc) is 2.90. The molecule has 0 saturated carbocycles. The molecule has 0 fully saturated rings. The van der Waals surface area contributed by atoms with Gasteiger partial charge in [0.15, 0.2) is 5.78 Å². The van der Waals surface area contributed by atoms with Gasteiger partial charge in [-0.1, -0.05) is 51.2 Å². The summed E-state index contributed by atoms with van der Waals surface area (Å²) in [6.07, 6.45) is 8.09. The molecule has 0 atom stereocenters. The Hall–Kier alpha value is -1.15. The van der Waals surface area contributed by atoms with Crippen LogP contribution in [-0.2, 0) is 0 Å². The van der Waals surface area contributed by atoms with E-state index in [9.17, 15) is 4.79 Å². The number of hydrogen-bond acceptors (Lipinski definition) is 2. The van der Waals surface area contributed by atoms with Crippen LogP contribution >= 0.6 is 11.3 Å². The molecule has 2 heteroatoms. The molecule has 0 spiro atoms. The fraction of sp³-hybridized carbons (Fsp3) is 0.471. The monoisotopic (exact) mass is 274 g/mol. The molecule has 0 amide bonds. The molecule has 19 heavy (non-hydrogen) atoms. The first kappa shape index (κ1) is 14.3. The number of thiophene rings is 1. The van der Waals surface area contributed by atoms with E-state index < -0.39 is 0 Å². The molecule has 0 aliphatic carbocycles. The lowest BCUT2D eigenvalue weighted by Crippen LogP contribution is -1.98. The summed E-state index contributed by atoms with van der Waals surface area (Å²) in [5, 5.41) is 3.26. The predicted octanol–water partition coefficient (Wildman–Crippen LogP) is 5.83. The number of carbonyl (C=O) groups is 1. The summed E-state index contributed by atoms with van der Waals surface area (Å²) >= 11 is 1.67. The van der Waals surface area contributed by atoms with Crippen LogP contribution in [0, 0.1) is 0 Å². The number of fused-ring (bicyclic) bond motifs is 1. The third-order valence-electron chi connectivity index (χ3n) is 3.54. The lowest BCUT2D eigenvalue weighted by molar-refractivity contribution is 0.0981. The molecule has 1 aromatic carbocycles. The standard InChI is InChI=1S/C17H22OS/c1-2-3-4-5-6-7-11-16(18)15-10-8-9-14-12-13-19-17(14)15/h8-10,12-13H,2-7,11H2,1H3. The van der Waals surface area contributed by atoms with E-state index >= 15 is 0 Å². The van der Waals surface area contributed by atoms with Crippen molar-refractivity contribution in [2.45, 2.75) is 51.9 Å². The normalized spacial score (nSPS) is 11.0. The van der Waals surface area contributed by atoms with E-state index in [0.717, 1.165) is 16.7 Å². The van der Waals surface area contributed by atoms with E-state index in [4.69, 9.17) is 0 Å². The third kappa shape index (κ3) is 3.90. The molecule has 0 unspecified atom stereocenters.